The maximum absolute atomic E-state index is 9.64. The van der Waals surface area contributed by atoms with E-state index in [0.29, 0.717) is 0 Å². The van der Waals surface area contributed by atoms with Gasteiger partial charge in [-0.2, -0.15) is 0 Å². The van der Waals surface area contributed by atoms with E-state index in [-0.39, 0.29) is 5.54 Å². The van der Waals surface area contributed by atoms with E-state index in [0.717, 1.165) is 30.9 Å². The van der Waals surface area contributed by atoms with Crippen LogP contribution in [-0.4, -0.2) is 23.4 Å². The Morgan fingerprint density at radius 3 is 2.72 bits per heavy atom. The number of hydrogen-bond acceptors (Lipinski definition) is 3. The van der Waals surface area contributed by atoms with Gasteiger partial charge in [0.25, 0.3) is 0 Å². The molecule has 0 saturated heterocycles. The minimum Gasteiger partial charge on any atom is -0.494 e. The summed E-state index contributed by atoms with van der Waals surface area (Å²) in [5, 5.41) is 13.0. The van der Waals surface area contributed by atoms with E-state index >= 15 is 0 Å². The van der Waals surface area contributed by atoms with Crippen molar-refractivity contribution in [3.05, 3.63) is 29.8 Å². The molecule has 0 spiro atoms. The van der Waals surface area contributed by atoms with Crippen molar-refractivity contribution in [2.45, 2.75) is 52.3 Å². The Hall–Kier alpha value is -1.06. The molecule has 0 saturated carbocycles. The van der Waals surface area contributed by atoms with Crippen LogP contribution in [0.4, 0.5) is 0 Å². The molecule has 1 aromatic carbocycles. The van der Waals surface area contributed by atoms with Crippen LogP contribution in [0.1, 0.15) is 39.7 Å². The fraction of sp³-hybridized carbons (Fsp3) is 0.600. The van der Waals surface area contributed by atoms with Crippen molar-refractivity contribution in [1.29, 1.82) is 0 Å². The van der Waals surface area contributed by atoms with E-state index in [2.05, 4.69) is 18.3 Å². The molecule has 0 radical (unpaired) electrons. The van der Waals surface area contributed by atoms with Gasteiger partial charge < -0.3 is 15.2 Å². The third-order valence-corrected chi connectivity index (χ3v) is 3.16. The molecule has 1 aromatic rings. The summed E-state index contributed by atoms with van der Waals surface area (Å²) in [6.45, 7) is 9.35. The van der Waals surface area contributed by atoms with Gasteiger partial charge in [-0.05, 0) is 44.9 Å². The lowest BCUT2D eigenvalue weighted by Crippen LogP contribution is -2.47. The first-order valence-corrected chi connectivity index (χ1v) is 6.60. The van der Waals surface area contributed by atoms with Crippen LogP contribution >= 0.6 is 0 Å². The summed E-state index contributed by atoms with van der Waals surface area (Å²) in [5.74, 6) is 0.908. The lowest BCUT2D eigenvalue weighted by Gasteiger charge is -2.29. The average molecular weight is 251 g/mol. The Balaban J connectivity index is 2.57. The molecule has 3 nitrogen and oxygen atoms in total. The second kappa shape index (κ2) is 6.76. The maximum Gasteiger partial charge on any atom is 0.119 e. The second-order valence-corrected chi connectivity index (χ2v) is 5.25. The quantitative estimate of drug-likeness (QED) is 0.783. The van der Waals surface area contributed by atoms with Gasteiger partial charge in [0.1, 0.15) is 5.75 Å². The highest BCUT2D eigenvalue weighted by molar-refractivity contribution is 5.28. The van der Waals surface area contributed by atoms with Crippen LogP contribution in [0.3, 0.4) is 0 Å². The van der Waals surface area contributed by atoms with Crippen molar-refractivity contribution in [3.63, 3.8) is 0 Å². The van der Waals surface area contributed by atoms with E-state index in [9.17, 15) is 5.11 Å². The highest BCUT2D eigenvalue weighted by Crippen LogP contribution is 2.15. The third kappa shape index (κ3) is 4.67. The molecular formula is C15H25NO2. The molecule has 0 aromatic heterocycles. The fourth-order valence-corrected chi connectivity index (χ4v) is 1.44. The Morgan fingerprint density at radius 2 is 2.11 bits per heavy atom. The smallest absolute Gasteiger partial charge is 0.119 e. The zero-order valence-electron chi connectivity index (χ0n) is 11.9. The Labute approximate surface area is 110 Å². The van der Waals surface area contributed by atoms with Gasteiger partial charge in [-0.15, -0.1) is 0 Å². The summed E-state index contributed by atoms with van der Waals surface area (Å²) in [5.41, 5.74) is 0.873. The first-order valence-electron chi connectivity index (χ1n) is 6.60. The molecule has 0 aliphatic heterocycles. The summed E-state index contributed by atoms with van der Waals surface area (Å²) in [6, 6.07) is 8.07. The summed E-state index contributed by atoms with van der Waals surface area (Å²) < 4.78 is 5.60. The van der Waals surface area contributed by atoms with Crippen molar-refractivity contribution in [2.24, 2.45) is 0 Å². The van der Waals surface area contributed by atoms with Crippen LogP contribution in [-0.2, 0) is 6.54 Å². The van der Waals surface area contributed by atoms with Crippen molar-refractivity contribution in [1.82, 2.24) is 5.32 Å². The van der Waals surface area contributed by atoms with Gasteiger partial charge in [0.2, 0.25) is 0 Å². The minimum atomic E-state index is -0.392. The van der Waals surface area contributed by atoms with E-state index in [1.165, 1.54) is 0 Å². The maximum atomic E-state index is 9.64. The number of rotatable bonds is 7. The van der Waals surface area contributed by atoms with Gasteiger partial charge in [-0.1, -0.05) is 19.1 Å². The van der Waals surface area contributed by atoms with Gasteiger partial charge in [-0.3, -0.25) is 0 Å². The van der Waals surface area contributed by atoms with Gasteiger partial charge >= 0.3 is 0 Å². The summed E-state index contributed by atoms with van der Waals surface area (Å²) in [6.07, 6.45) is 0.620. The molecular weight excluding hydrogens is 226 g/mol. The van der Waals surface area contributed by atoms with Gasteiger partial charge in [0, 0.05) is 12.1 Å². The number of ether oxygens (including phenoxy) is 1. The Bertz CT molecular complexity index is 361. The van der Waals surface area contributed by atoms with Crippen LogP contribution in [0, 0.1) is 0 Å². The van der Waals surface area contributed by atoms with Crippen LogP contribution in [0.2, 0.25) is 0 Å². The van der Waals surface area contributed by atoms with E-state index in [1.807, 2.05) is 32.0 Å². The SMILES string of the molecule is CCCOc1cccc(CNC(C)(C)C(C)O)c1. The standard InChI is InChI=1S/C15H25NO2/c1-5-9-18-14-8-6-7-13(10-14)11-16-15(3,4)12(2)17/h6-8,10,12,16-17H,5,9,11H2,1-4H3. The summed E-state index contributed by atoms with van der Waals surface area (Å²) >= 11 is 0. The number of hydrogen-bond donors (Lipinski definition) is 2. The van der Waals surface area contributed by atoms with Crippen LogP contribution in [0.25, 0.3) is 0 Å². The molecule has 0 aliphatic carbocycles. The normalized spacial score (nSPS) is 13.4. The van der Waals surface area contributed by atoms with Gasteiger partial charge in [0.05, 0.1) is 12.7 Å². The average Bonchev–Trinajstić information content (AvgIpc) is 2.34. The molecule has 102 valence electrons. The molecule has 1 unspecified atom stereocenters. The summed E-state index contributed by atoms with van der Waals surface area (Å²) in [4.78, 5) is 0. The Morgan fingerprint density at radius 1 is 1.39 bits per heavy atom. The van der Waals surface area contributed by atoms with Crippen molar-refractivity contribution >= 4 is 0 Å². The first kappa shape index (κ1) is 15.0. The highest BCUT2D eigenvalue weighted by atomic mass is 16.5. The van der Waals surface area contributed by atoms with Crippen molar-refractivity contribution in [2.75, 3.05) is 6.61 Å². The van der Waals surface area contributed by atoms with Crippen LogP contribution in [0.5, 0.6) is 5.75 Å². The predicted octanol–water partition coefficient (Wildman–Crippen LogP) is 2.72. The molecule has 0 heterocycles. The predicted molar refractivity (Wildman–Crippen MR) is 74.8 cm³/mol. The number of nitrogens with one attached hydrogen (secondary N) is 1. The van der Waals surface area contributed by atoms with E-state index in [1.54, 1.807) is 6.92 Å². The number of benzene rings is 1. The topological polar surface area (TPSA) is 41.5 Å². The molecule has 0 fully saturated rings. The highest BCUT2D eigenvalue weighted by Gasteiger charge is 2.22. The zero-order valence-corrected chi connectivity index (χ0v) is 11.9. The molecule has 18 heavy (non-hydrogen) atoms. The van der Waals surface area contributed by atoms with Crippen LogP contribution < -0.4 is 10.1 Å². The molecule has 2 N–H and O–H groups in total. The number of aliphatic hydroxyl groups excluding tert-OH is 1. The second-order valence-electron chi connectivity index (χ2n) is 5.25. The molecule has 1 rings (SSSR count). The molecule has 3 heteroatoms. The monoisotopic (exact) mass is 251 g/mol. The molecule has 0 bridgehead atoms. The molecule has 0 aliphatic rings. The molecule has 0 amide bonds. The van der Waals surface area contributed by atoms with Crippen molar-refractivity contribution < 1.29 is 9.84 Å². The largest absolute Gasteiger partial charge is 0.494 e. The van der Waals surface area contributed by atoms with Crippen LogP contribution in [0.15, 0.2) is 24.3 Å². The van der Waals surface area contributed by atoms with Gasteiger partial charge in [-0.25, -0.2) is 0 Å². The third-order valence-electron chi connectivity index (χ3n) is 3.16. The van der Waals surface area contributed by atoms with E-state index < -0.39 is 6.10 Å². The first-order chi connectivity index (χ1) is 8.45. The molecule has 1 atom stereocenters. The van der Waals surface area contributed by atoms with E-state index in [4.69, 9.17) is 4.74 Å². The number of aliphatic hydroxyl groups is 1. The Kier molecular flexibility index (Phi) is 5.63. The fourth-order valence-electron chi connectivity index (χ4n) is 1.44. The summed E-state index contributed by atoms with van der Waals surface area (Å²) in [7, 11) is 0. The van der Waals surface area contributed by atoms with Gasteiger partial charge in [0.15, 0.2) is 0 Å². The lowest BCUT2D eigenvalue weighted by molar-refractivity contribution is 0.0956. The zero-order chi connectivity index (χ0) is 13.6. The lowest BCUT2D eigenvalue weighted by atomic mass is 9.98. The van der Waals surface area contributed by atoms with Crippen molar-refractivity contribution in [3.8, 4) is 5.75 Å². The minimum absolute atomic E-state index is 0.291.